The number of carboxylic acids is 1. The van der Waals surface area contributed by atoms with Crippen LogP contribution in [0.25, 0.3) is 11.1 Å². The third-order valence-electron chi connectivity index (χ3n) is 3.98. The van der Waals surface area contributed by atoms with Crippen LogP contribution in [0.2, 0.25) is 0 Å². The number of aromatic nitrogens is 1. The summed E-state index contributed by atoms with van der Waals surface area (Å²) >= 11 is 0. The van der Waals surface area contributed by atoms with E-state index in [1.165, 1.54) is 6.07 Å². The first-order valence-electron chi connectivity index (χ1n) is 7.70. The second-order valence-corrected chi connectivity index (χ2v) is 5.73. The van der Waals surface area contributed by atoms with E-state index in [1.54, 1.807) is 7.11 Å². The monoisotopic (exact) mass is 342 g/mol. The van der Waals surface area contributed by atoms with Crippen LogP contribution in [0.1, 0.15) is 38.1 Å². The number of nitrogens with one attached hydrogen (secondary N) is 2. The van der Waals surface area contributed by atoms with Crippen LogP contribution < -0.4 is 5.32 Å². The predicted octanol–water partition coefficient (Wildman–Crippen LogP) is 2.89. The highest BCUT2D eigenvalue weighted by Crippen LogP contribution is 2.22. The van der Waals surface area contributed by atoms with Crippen LogP contribution in [-0.2, 0) is 4.74 Å². The van der Waals surface area contributed by atoms with Crippen LogP contribution in [0.5, 0.6) is 0 Å². The third-order valence-corrected chi connectivity index (χ3v) is 3.98. The zero-order valence-electron chi connectivity index (χ0n) is 13.8. The lowest BCUT2D eigenvalue weighted by atomic mass is 10.1. The van der Waals surface area contributed by atoms with Gasteiger partial charge in [0.15, 0.2) is 5.58 Å². The number of furan rings is 1. The Morgan fingerprint density at radius 2 is 2.16 bits per heavy atom. The summed E-state index contributed by atoms with van der Waals surface area (Å²) in [5, 5.41) is 11.9. The molecule has 2 heterocycles. The number of aryl methyl sites for hydroxylation is 1. The lowest BCUT2D eigenvalue weighted by molar-refractivity contribution is 0.0697. The number of aromatic amines is 1. The summed E-state index contributed by atoms with van der Waals surface area (Å²) in [6.45, 7) is 2.27. The highest BCUT2D eigenvalue weighted by Gasteiger charge is 2.19. The lowest BCUT2D eigenvalue weighted by Gasteiger charge is -2.16. The van der Waals surface area contributed by atoms with Crippen molar-refractivity contribution >= 4 is 23.0 Å². The topological polar surface area (TPSA) is 105 Å². The number of ether oxygens (including phenoxy) is 1. The molecule has 1 aromatic carbocycles. The second kappa shape index (κ2) is 6.82. The fraction of sp³-hybridized carbons (Fsp3) is 0.222. The highest BCUT2D eigenvalue weighted by molar-refractivity contribution is 6.04. The van der Waals surface area contributed by atoms with Gasteiger partial charge in [0.1, 0.15) is 17.5 Å². The number of hydrogen-bond acceptors (Lipinski definition) is 4. The molecular formula is C18H18N2O5. The van der Waals surface area contributed by atoms with Crippen LogP contribution in [0.15, 0.2) is 41.0 Å². The van der Waals surface area contributed by atoms with Gasteiger partial charge in [0.05, 0.1) is 11.6 Å². The van der Waals surface area contributed by atoms with E-state index in [1.807, 2.05) is 31.2 Å². The molecule has 1 atom stereocenters. The SMILES string of the molecule is COC(CNC(=O)c1cc2occ(C(=O)O)c2[nH]1)c1cccc(C)c1. The Bertz CT molecular complexity index is 925. The van der Waals surface area contributed by atoms with Gasteiger partial charge in [0, 0.05) is 19.7 Å². The predicted molar refractivity (Wildman–Crippen MR) is 90.8 cm³/mol. The zero-order chi connectivity index (χ0) is 18.0. The Morgan fingerprint density at radius 1 is 1.36 bits per heavy atom. The molecule has 2 aromatic heterocycles. The minimum Gasteiger partial charge on any atom is -0.477 e. The summed E-state index contributed by atoms with van der Waals surface area (Å²) in [6, 6.07) is 9.34. The molecule has 3 aromatic rings. The van der Waals surface area contributed by atoms with Gasteiger partial charge < -0.3 is 24.6 Å². The minimum atomic E-state index is -1.12. The van der Waals surface area contributed by atoms with Crippen molar-refractivity contribution in [2.75, 3.05) is 13.7 Å². The fourth-order valence-electron chi connectivity index (χ4n) is 2.68. The van der Waals surface area contributed by atoms with Gasteiger partial charge in [-0.05, 0) is 12.5 Å². The molecule has 0 aliphatic carbocycles. The smallest absolute Gasteiger partial charge is 0.341 e. The summed E-state index contributed by atoms with van der Waals surface area (Å²) in [7, 11) is 1.58. The summed E-state index contributed by atoms with van der Waals surface area (Å²) in [4.78, 5) is 26.2. The van der Waals surface area contributed by atoms with Crippen LogP contribution in [-0.4, -0.2) is 35.6 Å². The van der Waals surface area contributed by atoms with E-state index in [0.29, 0.717) is 11.1 Å². The van der Waals surface area contributed by atoms with Crippen molar-refractivity contribution in [1.82, 2.24) is 10.3 Å². The molecule has 0 aliphatic rings. The average molecular weight is 342 g/mol. The summed E-state index contributed by atoms with van der Waals surface area (Å²) in [5.41, 5.74) is 2.91. The number of amides is 1. The van der Waals surface area contributed by atoms with E-state index in [9.17, 15) is 9.59 Å². The summed E-state index contributed by atoms with van der Waals surface area (Å²) in [5.74, 6) is -1.48. The molecule has 0 aliphatic heterocycles. The van der Waals surface area contributed by atoms with E-state index in [0.717, 1.165) is 17.4 Å². The number of carbonyl (C=O) groups excluding carboxylic acids is 1. The number of carbonyl (C=O) groups is 2. The number of H-pyrrole nitrogens is 1. The Morgan fingerprint density at radius 3 is 2.84 bits per heavy atom. The first-order valence-corrected chi connectivity index (χ1v) is 7.70. The molecule has 3 N–H and O–H groups in total. The number of hydrogen-bond donors (Lipinski definition) is 3. The molecule has 0 spiro atoms. The second-order valence-electron chi connectivity index (χ2n) is 5.73. The Kier molecular flexibility index (Phi) is 4.58. The van der Waals surface area contributed by atoms with Gasteiger partial charge in [-0.1, -0.05) is 29.8 Å². The van der Waals surface area contributed by atoms with Gasteiger partial charge >= 0.3 is 5.97 Å². The molecule has 0 saturated heterocycles. The van der Waals surface area contributed by atoms with Crippen LogP contribution in [0.3, 0.4) is 0 Å². The third kappa shape index (κ3) is 3.41. The number of methoxy groups -OCH3 is 1. The molecule has 130 valence electrons. The molecule has 0 saturated carbocycles. The van der Waals surface area contributed by atoms with E-state index < -0.39 is 5.97 Å². The molecule has 0 radical (unpaired) electrons. The maximum atomic E-state index is 12.3. The number of carboxylic acid groups (broad SMARTS) is 1. The highest BCUT2D eigenvalue weighted by atomic mass is 16.5. The Hall–Kier alpha value is -3.06. The quantitative estimate of drug-likeness (QED) is 0.639. The van der Waals surface area contributed by atoms with Crippen molar-refractivity contribution in [2.24, 2.45) is 0 Å². The van der Waals surface area contributed by atoms with Gasteiger partial charge in [-0.2, -0.15) is 0 Å². The Labute approximate surface area is 143 Å². The molecule has 1 amide bonds. The van der Waals surface area contributed by atoms with Crippen LogP contribution in [0.4, 0.5) is 0 Å². The van der Waals surface area contributed by atoms with E-state index in [-0.39, 0.29) is 29.8 Å². The number of benzene rings is 1. The average Bonchev–Trinajstić information content (AvgIpc) is 3.15. The first-order chi connectivity index (χ1) is 12.0. The molecule has 3 rings (SSSR count). The number of rotatable bonds is 6. The lowest BCUT2D eigenvalue weighted by Crippen LogP contribution is -2.29. The molecular weight excluding hydrogens is 324 g/mol. The first kappa shape index (κ1) is 16.8. The zero-order valence-corrected chi connectivity index (χ0v) is 13.8. The molecule has 0 fully saturated rings. The molecule has 0 bridgehead atoms. The number of aromatic carboxylic acids is 1. The molecule has 25 heavy (non-hydrogen) atoms. The largest absolute Gasteiger partial charge is 0.477 e. The van der Waals surface area contributed by atoms with Crippen molar-refractivity contribution in [1.29, 1.82) is 0 Å². The van der Waals surface area contributed by atoms with Crippen molar-refractivity contribution < 1.29 is 23.8 Å². The maximum absolute atomic E-state index is 12.3. The summed E-state index contributed by atoms with van der Waals surface area (Å²) in [6.07, 6.45) is 0.862. The maximum Gasteiger partial charge on any atom is 0.341 e. The Balaban J connectivity index is 1.72. The molecule has 7 heteroatoms. The van der Waals surface area contributed by atoms with Gasteiger partial charge in [0.2, 0.25) is 0 Å². The normalized spacial score (nSPS) is 12.2. The van der Waals surface area contributed by atoms with Crippen molar-refractivity contribution in [2.45, 2.75) is 13.0 Å². The van der Waals surface area contributed by atoms with E-state index in [2.05, 4.69) is 10.3 Å². The van der Waals surface area contributed by atoms with Crippen molar-refractivity contribution in [3.05, 3.63) is 59.0 Å². The molecule has 7 nitrogen and oxygen atoms in total. The van der Waals surface area contributed by atoms with Crippen LogP contribution >= 0.6 is 0 Å². The number of fused-ring (bicyclic) bond motifs is 1. The van der Waals surface area contributed by atoms with Crippen molar-refractivity contribution in [3.63, 3.8) is 0 Å². The van der Waals surface area contributed by atoms with Crippen LogP contribution in [0, 0.1) is 6.92 Å². The van der Waals surface area contributed by atoms with Gasteiger partial charge in [-0.15, -0.1) is 0 Å². The fourth-order valence-corrected chi connectivity index (χ4v) is 2.68. The van der Waals surface area contributed by atoms with Gasteiger partial charge in [0.25, 0.3) is 5.91 Å². The van der Waals surface area contributed by atoms with E-state index in [4.69, 9.17) is 14.3 Å². The molecule has 1 unspecified atom stereocenters. The van der Waals surface area contributed by atoms with Gasteiger partial charge in [-0.25, -0.2) is 4.79 Å². The standard InChI is InChI=1S/C18H18N2O5/c1-10-4-3-5-11(6-10)15(24-2)8-19-17(21)13-7-14-16(20-13)12(9-25-14)18(22)23/h3-7,9,15,20H,8H2,1-2H3,(H,19,21)(H,22,23). The van der Waals surface area contributed by atoms with E-state index >= 15 is 0 Å². The minimum absolute atomic E-state index is 0.0106. The summed E-state index contributed by atoms with van der Waals surface area (Å²) < 4.78 is 10.6. The van der Waals surface area contributed by atoms with Gasteiger partial charge in [-0.3, -0.25) is 4.79 Å². The van der Waals surface area contributed by atoms with Crippen molar-refractivity contribution in [3.8, 4) is 0 Å².